The molecule has 0 aromatic heterocycles. The summed E-state index contributed by atoms with van der Waals surface area (Å²) in [5, 5.41) is 3.91. The molecule has 3 atom stereocenters. The molecule has 0 heterocycles. The second kappa shape index (κ2) is 5.66. The molecule has 0 saturated heterocycles. The van der Waals surface area contributed by atoms with E-state index < -0.39 is 0 Å². The van der Waals surface area contributed by atoms with Gasteiger partial charge in [-0.1, -0.05) is 44.5 Å². The van der Waals surface area contributed by atoms with Gasteiger partial charge in [0.2, 0.25) is 0 Å². The van der Waals surface area contributed by atoms with Crippen molar-refractivity contribution in [1.29, 1.82) is 0 Å². The summed E-state index contributed by atoms with van der Waals surface area (Å²) < 4.78 is 0. The number of nitrogens with one attached hydrogen (secondary N) is 1. The van der Waals surface area contributed by atoms with Gasteiger partial charge in [-0.2, -0.15) is 0 Å². The Labute approximate surface area is 117 Å². The average molecular weight is 257 g/mol. The second-order valence-corrected chi connectivity index (χ2v) is 6.72. The van der Waals surface area contributed by atoms with E-state index in [-0.39, 0.29) is 0 Å². The standard InChI is InChI=1S/C18H27N/c1-3-13(2)12-19-18-16-8-9-17(18)11-15-7-5-4-6-14(15)10-16/h4-7,13,16-19H,3,8-12H2,1-2H3. The van der Waals surface area contributed by atoms with Crippen LogP contribution in [0.1, 0.15) is 44.2 Å². The summed E-state index contributed by atoms with van der Waals surface area (Å²) in [5.74, 6) is 2.56. The lowest BCUT2D eigenvalue weighted by molar-refractivity contribution is 0.321. The Kier molecular flexibility index (Phi) is 3.93. The lowest BCUT2D eigenvalue weighted by Gasteiger charge is -2.25. The first-order valence-corrected chi connectivity index (χ1v) is 8.08. The summed E-state index contributed by atoms with van der Waals surface area (Å²) in [6.45, 7) is 5.86. The van der Waals surface area contributed by atoms with E-state index in [2.05, 4.69) is 43.4 Å². The second-order valence-electron chi connectivity index (χ2n) is 6.72. The Morgan fingerprint density at radius 2 is 1.68 bits per heavy atom. The number of hydrogen-bond donors (Lipinski definition) is 1. The van der Waals surface area contributed by atoms with Crippen molar-refractivity contribution in [2.75, 3.05) is 6.54 Å². The normalized spacial score (nSPS) is 30.7. The van der Waals surface area contributed by atoms with Gasteiger partial charge in [0, 0.05) is 6.04 Å². The molecule has 19 heavy (non-hydrogen) atoms. The van der Waals surface area contributed by atoms with E-state index in [1.54, 1.807) is 11.1 Å². The zero-order chi connectivity index (χ0) is 13.2. The van der Waals surface area contributed by atoms with Gasteiger partial charge in [0.1, 0.15) is 0 Å². The summed E-state index contributed by atoms with van der Waals surface area (Å²) in [6.07, 6.45) is 6.74. The van der Waals surface area contributed by atoms with Gasteiger partial charge in [0.25, 0.3) is 0 Å². The first-order valence-electron chi connectivity index (χ1n) is 8.08. The van der Waals surface area contributed by atoms with Gasteiger partial charge in [0.15, 0.2) is 0 Å². The Balaban J connectivity index is 1.72. The minimum atomic E-state index is 0.765. The van der Waals surface area contributed by atoms with Crippen molar-refractivity contribution in [1.82, 2.24) is 5.32 Å². The third-order valence-electron chi connectivity index (χ3n) is 5.41. The monoisotopic (exact) mass is 257 g/mol. The lowest BCUT2D eigenvalue weighted by Crippen LogP contribution is -2.40. The Morgan fingerprint density at radius 1 is 1.11 bits per heavy atom. The number of hydrogen-bond acceptors (Lipinski definition) is 1. The summed E-state index contributed by atoms with van der Waals surface area (Å²) in [7, 11) is 0. The highest BCUT2D eigenvalue weighted by Crippen LogP contribution is 2.40. The maximum Gasteiger partial charge on any atom is 0.0130 e. The van der Waals surface area contributed by atoms with E-state index in [1.165, 1.54) is 38.6 Å². The Bertz CT molecular complexity index is 392. The summed E-state index contributed by atoms with van der Waals surface area (Å²) in [6, 6.07) is 9.88. The van der Waals surface area contributed by atoms with Gasteiger partial charge in [-0.15, -0.1) is 0 Å². The van der Waals surface area contributed by atoms with Crippen molar-refractivity contribution < 1.29 is 0 Å². The first kappa shape index (κ1) is 13.2. The van der Waals surface area contributed by atoms with Crippen LogP contribution >= 0.6 is 0 Å². The molecule has 2 aliphatic carbocycles. The minimum absolute atomic E-state index is 0.765. The fourth-order valence-electron chi connectivity index (χ4n) is 3.97. The van der Waals surface area contributed by atoms with Gasteiger partial charge in [-0.25, -0.2) is 0 Å². The van der Waals surface area contributed by atoms with Crippen LogP contribution in [0.25, 0.3) is 0 Å². The zero-order valence-corrected chi connectivity index (χ0v) is 12.4. The molecule has 1 saturated carbocycles. The molecule has 1 fully saturated rings. The highest BCUT2D eigenvalue weighted by Gasteiger charge is 2.38. The van der Waals surface area contributed by atoms with Crippen LogP contribution in [0.5, 0.6) is 0 Å². The van der Waals surface area contributed by atoms with E-state index in [1.807, 2.05) is 0 Å². The Hall–Kier alpha value is -0.820. The van der Waals surface area contributed by atoms with Crippen LogP contribution in [0.2, 0.25) is 0 Å². The number of rotatable bonds is 4. The molecule has 0 aliphatic heterocycles. The van der Waals surface area contributed by atoms with Crippen molar-refractivity contribution in [3.63, 3.8) is 0 Å². The molecule has 3 unspecified atom stereocenters. The predicted octanol–water partition coefficient (Wildman–Crippen LogP) is 3.82. The highest BCUT2D eigenvalue weighted by molar-refractivity contribution is 5.30. The van der Waals surface area contributed by atoms with Crippen LogP contribution in [-0.2, 0) is 12.8 Å². The molecule has 3 rings (SSSR count). The van der Waals surface area contributed by atoms with Gasteiger partial charge < -0.3 is 5.32 Å². The molecule has 0 amide bonds. The van der Waals surface area contributed by atoms with Gasteiger partial charge in [0.05, 0.1) is 0 Å². The van der Waals surface area contributed by atoms with Crippen LogP contribution in [0.15, 0.2) is 24.3 Å². The van der Waals surface area contributed by atoms with E-state index >= 15 is 0 Å². The van der Waals surface area contributed by atoms with Crippen LogP contribution in [0.3, 0.4) is 0 Å². The lowest BCUT2D eigenvalue weighted by atomic mass is 9.94. The maximum absolute atomic E-state index is 3.91. The summed E-state index contributed by atoms with van der Waals surface area (Å²) in [4.78, 5) is 0. The highest BCUT2D eigenvalue weighted by atomic mass is 14.9. The van der Waals surface area contributed by atoms with Crippen molar-refractivity contribution in [3.05, 3.63) is 35.4 Å². The van der Waals surface area contributed by atoms with Crippen LogP contribution in [0, 0.1) is 17.8 Å². The molecular weight excluding hydrogens is 230 g/mol. The first-order chi connectivity index (χ1) is 9.28. The molecule has 2 aliphatic rings. The number of benzene rings is 1. The molecular formula is C18H27N. The molecule has 1 N–H and O–H groups in total. The predicted molar refractivity (Wildman–Crippen MR) is 81.3 cm³/mol. The van der Waals surface area contributed by atoms with Crippen molar-refractivity contribution >= 4 is 0 Å². The van der Waals surface area contributed by atoms with Gasteiger partial charge >= 0.3 is 0 Å². The van der Waals surface area contributed by atoms with Crippen LogP contribution < -0.4 is 5.32 Å². The van der Waals surface area contributed by atoms with Crippen molar-refractivity contribution in [2.45, 2.75) is 52.0 Å². The third kappa shape index (κ3) is 2.72. The molecule has 1 aromatic rings. The zero-order valence-electron chi connectivity index (χ0n) is 12.4. The minimum Gasteiger partial charge on any atom is -0.313 e. The number of fused-ring (bicyclic) bond motifs is 3. The van der Waals surface area contributed by atoms with Crippen molar-refractivity contribution in [2.24, 2.45) is 17.8 Å². The average Bonchev–Trinajstić information content (AvgIpc) is 2.70. The topological polar surface area (TPSA) is 12.0 Å². The summed E-state index contributed by atoms with van der Waals surface area (Å²) >= 11 is 0. The van der Waals surface area contributed by atoms with Crippen molar-refractivity contribution in [3.8, 4) is 0 Å². The SMILES string of the molecule is CCC(C)CNC1C2CCC1Cc1ccccc1C2. The molecule has 0 spiro atoms. The fourth-order valence-corrected chi connectivity index (χ4v) is 3.97. The molecule has 2 bridgehead atoms. The Morgan fingerprint density at radius 3 is 2.21 bits per heavy atom. The molecule has 0 radical (unpaired) electrons. The van der Waals surface area contributed by atoms with E-state index in [4.69, 9.17) is 0 Å². The maximum atomic E-state index is 3.91. The third-order valence-corrected chi connectivity index (χ3v) is 5.41. The molecule has 1 aromatic carbocycles. The van der Waals surface area contributed by atoms with E-state index in [0.717, 1.165) is 23.8 Å². The molecule has 1 heteroatoms. The smallest absolute Gasteiger partial charge is 0.0130 e. The van der Waals surface area contributed by atoms with Gasteiger partial charge in [-0.3, -0.25) is 0 Å². The van der Waals surface area contributed by atoms with Crippen LogP contribution in [0.4, 0.5) is 0 Å². The van der Waals surface area contributed by atoms with Crippen LogP contribution in [-0.4, -0.2) is 12.6 Å². The quantitative estimate of drug-likeness (QED) is 0.864. The largest absolute Gasteiger partial charge is 0.313 e. The van der Waals surface area contributed by atoms with E-state index in [9.17, 15) is 0 Å². The fraction of sp³-hybridized carbons (Fsp3) is 0.667. The molecule has 1 nitrogen and oxygen atoms in total. The van der Waals surface area contributed by atoms with Gasteiger partial charge in [-0.05, 0) is 61.1 Å². The molecule has 104 valence electrons. The summed E-state index contributed by atoms with van der Waals surface area (Å²) in [5.41, 5.74) is 3.23. The van der Waals surface area contributed by atoms with E-state index in [0.29, 0.717) is 0 Å².